The summed E-state index contributed by atoms with van der Waals surface area (Å²) >= 11 is 0. The Bertz CT molecular complexity index is 158. The van der Waals surface area contributed by atoms with E-state index < -0.39 is 0 Å². The van der Waals surface area contributed by atoms with Gasteiger partial charge in [0, 0.05) is 12.4 Å². The Morgan fingerprint density at radius 1 is 1.67 bits per heavy atom. The molecule has 0 amide bonds. The van der Waals surface area contributed by atoms with Gasteiger partial charge in [-0.25, -0.2) is 0 Å². The van der Waals surface area contributed by atoms with E-state index in [0.29, 0.717) is 6.29 Å². The number of hydrogen-bond donors (Lipinski definition) is 1. The zero-order valence-electron chi connectivity index (χ0n) is 5.16. The van der Waals surface area contributed by atoms with Crippen molar-refractivity contribution in [2.75, 3.05) is 0 Å². The van der Waals surface area contributed by atoms with Crippen LogP contribution in [0, 0.1) is 5.41 Å². The smallest absolute Gasteiger partial charge is 0.167 e. The summed E-state index contributed by atoms with van der Waals surface area (Å²) in [6.45, 7) is 1.76. The molecule has 0 spiro atoms. The molecule has 0 atom stereocenters. The van der Waals surface area contributed by atoms with Gasteiger partial charge in [0.1, 0.15) is 0 Å². The van der Waals surface area contributed by atoms with Crippen LogP contribution in [-0.2, 0) is 4.79 Å². The Balaban J connectivity index is 3.70. The molecule has 48 valence electrons. The molecule has 0 aromatic rings. The van der Waals surface area contributed by atoms with Gasteiger partial charge in [0.05, 0.1) is 5.71 Å². The summed E-state index contributed by atoms with van der Waals surface area (Å²) in [6.07, 6.45) is 4.76. The van der Waals surface area contributed by atoms with Crippen LogP contribution >= 0.6 is 0 Å². The summed E-state index contributed by atoms with van der Waals surface area (Å²) in [7, 11) is 0. The SMILES string of the molecule is CC=N/C=C\C(=N)C=O. The first-order chi connectivity index (χ1) is 4.31. The first kappa shape index (κ1) is 7.75. The van der Waals surface area contributed by atoms with Crippen LogP contribution in [0.3, 0.4) is 0 Å². The van der Waals surface area contributed by atoms with E-state index in [4.69, 9.17) is 5.41 Å². The van der Waals surface area contributed by atoms with E-state index in [1.165, 1.54) is 12.3 Å². The van der Waals surface area contributed by atoms with Crippen molar-refractivity contribution in [1.29, 1.82) is 5.41 Å². The van der Waals surface area contributed by atoms with Gasteiger partial charge in [-0.05, 0) is 13.0 Å². The van der Waals surface area contributed by atoms with Crippen molar-refractivity contribution in [3.63, 3.8) is 0 Å². The van der Waals surface area contributed by atoms with Gasteiger partial charge in [-0.2, -0.15) is 0 Å². The Labute approximate surface area is 53.6 Å². The summed E-state index contributed by atoms with van der Waals surface area (Å²) in [5, 5.41) is 6.79. The molecule has 0 radical (unpaired) electrons. The lowest BCUT2D eigenvalue weighted by atomic mass is 10.4. The summed E-state index contributed by atoms with van der Waals surface area (Å²) in [5.74, 6) is 0. The maximum atomic E-state index is 9.77. The summed E-state index contributed by atoms with van der Waals surface area (Å²) < 4.78 is 0. The van der Waals surface area contributed by atoms with Crippen molar-refractivity contribution < 1.29 is 4.79 Å². The van der Waals surface area contributed by atoms with Gasteiger partial charge in [0.25, 0.3) is 0 Å². The molecule has 1 N–H and O–H groups in total. The predicted octanol–water partition coefficient (Wildman–Crippen LogP) is 0.809. The molecular formula is C6H8N2O. The highest BCUT2D eigenvalue weighted by Crippen LogP contribution is 1.73. The number of nitrogens with zero attached hydrogens (tertiary/aromatic N) is 1. The first-order valence-electron chi connectivity index (χ1n) is 2.49. The largest absolute Gasteiger partial charge is 0.297 e. The second-order valence-electron chi connectivity index (χ2n) is 1.30. The fourth-order valence-corrected chi connectivity index (χ4v) is 0.249. The summed E-state index contributed by atoms with van der Waals surface area (Å²) in [4.78, 5) is 13.4. The van der Waals surface area contributed by atoms with Crippen molar-refractivity contribution in [2.24, 2.45) is 4.99 Å². The maximum Gasteiger partial charge on any atom is 0.167 e. The number of carbonyl (C=O) groups excluding carboxylic acids is 1. The van der Waals surface area contributed by atoms with Gasteiger partial charge in [-0.3, -0.25) is 15.2 Å². The van der Waals surface area contributed by atoms with E-state index in [2.05, 4.69) is 4.99 Å². The quantitative estimate of drug-likeness (QED) is 0.439. The standard InChI is InChI=1S/C6H8N2O/c1-2-8-4-3-6(7)5-9/h2-5,7H,1H3/b4-3-,7-6?,8-2?. The molecule has 3 nitrogen and oxygen atoms in total. The molecule has 0 fully saturated rings. The van der Waals surface area contributed by atoms with Crippen LogP contribution in [-0.4, -0.2) is 18.2 Å². The van der Waals surface area contributed by atoms with Gasteiger partial charge in [0.2, 0.25) is 0 Å². The highest BCUT2D eigenvalue weighted by Gasteiger charge is 1.79. The van der Waals surface area contributed by atoms with E-state index in [1.807, 2.05) is 0 Å². The van der Waals surface area contributed by atoms with Crippen molar-refractivity contribution in [3.05, 3.63) is 12.3 Å². The average molecular weight is 124 g/mol. The molecule has 0 aliphatic rings. The lowest BCUT2D eigenvalue weighted by Crippen LogP contribution is -1.88. The summed E-state index contributed by atoms with van der Waals surface area (Å²) in [6, 6.07) is 0. The number of aldehydes is 1. The molecule has 0 aliphatic heterocycles. The Hall–Kier alpha value is -1.25. The minimum absolute atomic E-state index is 0.0689. The third-order valence-electron chi connectivity index (χ3n) is 0.616. The van der Waals surface area contributed by atoms with Crippen LogP contribution in [0.25, 0.3) is 0 Å². The van der Waals surface area contributed by atoms with Gasteiger partial charge >= 0.3 is 0 Å². The third-order valence-corrected chi connectivity index (χ3v) is 0.616. The topological polar surface area (TPSA) is 53.3 Å². The molecule has 0 aromatic carbocycles. The van der Waals surface area contributed by atoms with Crippen LogP contribution in [0.1, 0.15) is 6.92 Å². The summed E-state index contributed by atoms with van der Waals surface area (Å²) in [5.41, 5.74) is -0.0689. The minimum Gasteiger partial charge on any atom is -0.297 e. The van der Waals surface area contributed by atoms with E-state index in [1.54, 1.807) is 13.1 Å². The molecule has 0 bridgehead atoms. The zero-order chi connectivity index (χ0) is 7.11. The number of carbonyl (C=O) groups is 1. The maximum absolute atomic E-state index is 9.77. The third kappa shape index (κ3) is 4.61. The van der Waals surface area contributed by atoms with Crippen LogP contribution in [0.4, 0.5) is 0 Å². The van der Waals surface area contributed by atoms with Crippen molar-refractivity contribution >= 4 is 18.2 Å². The van der Waals surface area contributed by atoms with E-state index in [0.717, 1.165) is 0 Å². The van der Waals surface area contributed by atoms with Gasteiger partial charge in [0.15, 0.2) is 6.29 Å². The van der Waals surface area contributed by atoms with Crippen molar-refractivity contribution in [1.82, 2.24) is 0 Å². The molecule has 0 saturated heterocycles. The molecule has 0 aromatic heterocycles. The van der Waals surface area contributed by atoms with Gasteiger partial charge in [-0.15, -0.1) is 0 Å². The highest BCUT2D eigenvalue weighted by atomic mass is 16.1. The predicted molar refractivity (Wildman–Crippen MR) is 37.1 cm³/mol. The van der Waals surface area contributed by atoms with Crippen molar-refractivity contribution in [2.45, 2.75) is 6.92 Å². The molecule has 9 heavy (non-hydrogen) atoms. The zero-order valence-corrected chi connectivity index (χ0v) is 5.16. The molecule has 0 heterocycles. The molecule has 0 rings (SSSR count). The normalized spacial score (nSPS) is 10.8. The van der Waals surface area contributed by atoms with Crippen molar-refractivity contribution in [3.8, 4) is 0 Å². The van der Waals surface area contributed by atoms with Crippen LogP contribution in [0.5, 0.6) is 0 Å². The molecule has 0 unspecified atom stereocenters. The number of nitrogens with one attached hydrogen (secondary N) is 1. The molecule has 0 saturated carbocycles. The number of rotatable bonds is 3. The Morgan fingerprint density at radius 3 is 2.78 bits per heavy atom. The molecular weight excluding hydrogens is 116 g/mol. The number of aliphatic imine (C=N–C) groups is 1. The molecule has 3 heteroatoms. The second-order valence-corrected chi connectivity index (χ2v) is 1.30. The second kappa shape index (κ2) is 4.90. The number of hydrogen-bond acceptors (Lipinski definition) is 3. The average Bonchev–Trinajstić information content (AvgIpc) is 1.89. The lowest BCUT2D eigenvalue weighted by molar-refractivity contribution is -0.102. The van der Waals surface area contributed by atoms with Crippen LogP contribution in [0.15, 0.2) is 17.3 Å². The first-order valence-corrected chi connectivity index (χ1v) is 2.49. The van der Waals surface area contributed by atoms with E-state index >= 15 is 0 Å². The monoisotopic (exact) mass is 124 g/mol. The Kier molecular flexibility index (Phi) is 4.22. The number of allylic oxidation sites excluding steroid dienone is 1. The van der Waals surface area contributed by atoms with E-state index in [9.17, 15) is 4.79 Å². The van der Waals surface area contributed by atoms with E-state index in [-0.39, 0.29) is 5.71 Å². The molecule has 0 aliphatic carbocycles. The minimum atomic E-state index is -0.0689. The van der Waals surface area contributed by atoms with Gasteiger partial charge in [-0.1, -0.05) is 0 Å². The lowest BCUT2D eigenvalue weighted by Gasteiger charge is -1.75. The van der Waals surface area contributed by atoms with Crippen LogP contribution in [0.2, 0.25) is 0 Å². The van der Waals surface area contributed by atoms with Gasteiger partial charge < -0.3 is 0 Å². The fraction of sp³-hybridized carbons (Fsp3) is 0.167. The fourth-order valence-electron chi connectivity index (χ4n) is 0.249. The Morgan fingerprint density at radius 2 is 2.33 bits per heavy atom. The van der Waals surface area contributed by atoms with Crippen LogP contribution < -0.4 is 0 Å². The highest BCUT2D eigenvalue weighted by molar-refractivity contribution is 6.32.